The maximum atomic E-state index is 12.1. The number of rotatable bonds is 13. The molecule has 0 aliphatic carbocycles. The van der Waals surface area contributed by atoms with Crippen molar-refractivity contribution in [1.29, 1.82) is 0 Å². The van der Waals surface area contributed by atoms with Gasteiger partial charge in [0.15, 0.2) is 11.3 Å². The van der Waals surface area contributed by atoms with Crippen molar-refractivity contribution in [3.63, 3.8) is 0 Å². The molecule has 40 heavy (non-hydrogen) atoms. The minimum atomic E-state index is -1.17. The summed E-state index contributed by atoms with van der Waals surface area (Å²) in [6.07, 6.45) is 3.00. The standard InChI is InChI=1S/C26H37N7O6S/c1-7-8-9-28-22-21-17(29-24(27)31-22)13-33(32-21)12-16-19(37-5)10-15(11-20(16)38-6)40-14-18(23(34)35)30-25(36)39-26(2,3)4/h10-11,13,18H,7-9,12,14H2,1-6H3,(H,30,36)(H,34,35)(H3,27,28,29,31)/t18-/m0/s1. The molecule has 0 unspecified atom stereocenters. The van der Waals surface area contributed by atoms with Crippen LogP contribution < -0.4 is 25.8 Å². The second-order valence-corrected chi connectivity index (χ2v) is 11.0. The Balaban J connectivity index is 1.82. The van der Waals surface area contributed by atoms with Gasteiger partial charge in [-0.1, -0.05) is 13.3 Å². The Labute approximate surface area is 237 Å². The Morgan fingerprint density at radius 3 is 2.42 bits per heavy atom. The number of ether oxygens (including phenoxy) is 3. The van der Waals surface area contributed by atoms with Gasteiger partial charge in [0.1, 0.15) is 28.7 Å². The third-order valence-corrected chi connectivity index (χ3v) is 6.63. The molecule has 0 bridgehead atoms. The molecule has 3 rings (SSSR count). The Kier molecular flexibility index (Phi) is 10.3. The van der Waals surface area contributed by atoms with Crippen LogP contribution in [-0.4, -0.2) is 75.1 Å². The first-order chi connectivity index (χ1) is 18.9. The molecule has 2 heterocycles. The van der Waals surface area contributed by atoms with Gasteiger partial charge >= 0.3 is 12.1 Å². The summed E-state index contributed by atoms with van der Waals surface area (Å²) in [5.41, 5.74) is 7.10. The van der Waals surface area contributed by atoms with E-state index in [1.165, 1.54) is 11.8 Å². The van der Waals surface area contributed by atoms with Crippen LogP contribution in [0, 0.1) is 0 Å². The first kappa shape index (κ1) is 30.6. The van der Waals surface area contributed by atoms with Crippen LogP contribution in [0.2, 0.25) is 0 Å². The van der Waals surface area contributed by atoms with Crippen molar-refractivity contribution >= 4 is 46.6 Å². The number of hydrogen-bond acceptors (Lipinski definition) is 11. The highest BCUT2D eigenvalue weighted by Crippen LogP contribution is 2.36. The van der Waals surface area contributed by atoms with Crippen LogP contribution in [0.1, 0.15) is 46.1 Å². The van der Waals surface area contributed by atoms with E-state index in [1.807, 2.05) is 0 Å². The zero-order chi connectivity index (χ0) is 29.4. The number of alkyl carbamates (subject to hydrolysis) is 1. The van der Waals surface area contributed by atoms with Crippen molar-refractivity contribution in [1.82, 2.24) is 25.1 Å². The van der Waals surface area contributed by atoms with Gasteiger partial charge in [0, 0.05) is 17.2 Å². The predicted octanol–water partition coefficient (Wildman–Crippen LogP) is 3.76. The number of carbonyl (C=O) groups excluding carboxylic acids is 1. The Bertz CT molecular complexity index is 1320. The number of nitrogens with zero attached hydrogens (tertiary/aromatic N) is 4. The third kappa shape index (κ3) is 8.28. The van der Waals surface area contributed by atoms with Gasteiger partial charge in [0.05, 0.1) is 32.5 Å². The van der Waals surface area contributed by atoms with Crippen molar-refractivity contribution in [3.05, 3.63) is 23.9 Å². The Morgan fingerprint density at radius 2 is 1.85 bits per heavy atom. The molecule has 13 nitrogen and oxygen atoms in total. The van der Waals surface area contributed by atoms with Gasteiger partial charge in [0.25, 0.3) is 0 Å². The normalized spacial score (nSPS) is 12.2. The van der Waals surface area contributed by atoms with Crippen LogP contribution in [-0.2, 0) is 16.1 Å². The first-order valence-corrected chi connectivity index (χ1v) is 13.8. The molecular formula is C26H37N7O6S. The number of carboxylic acids is 1. The number of unbranched alkanes of at least 4 members (excludes halogenated alkanes) is 1. The predicted molar refractivity (Wildman–Crippen MR) is 153 cm³/mol. The van der Waals surface area contributed by atoms with Crippen molar-refractivity contribution in [2.24, 2.45) is 0 Å². The molecule has 0 radical (unpaired) electrons. The molecule has 0 spiro atoms. The lowest BCUT2D eigenvalue weighted by atomic mass is 10.1. The number of nitrogen functional groups attached to an aromatic ring is 1. The van der Waals surface area contributed by atoms with Gasteiger partial charge in [-0.05, 0) is 39.3 Å². The van der Waals surface area contributed by atoms with Gasteiger partial charge < -0.3 is 35.7 Å². The molecule has 0 fully saturated rings. The molecule has 0 saturated heterocycles. The van der Waals surface area contributed by atoms with Crippen LogP contribution in [0.15, 0.2) is 23.2 Å². The van der Waals surface area contributed by atoms with E-state index in [4.69, 9.17) is 19.9 Å². The molecule has 5 N–H and O–H groups in total. The number of carbonyl (C=O) groups is 2. The number of aromatic nitrogens is 4. The van der Waals surface area contributed by atoms with E-state index < -0.39 is 23.7 Å². The summed E-state index contributed by atoms with van der Waals surface area (Å²) >= 11 is 1.23. The van der Waals surface area contributed by atoms with Gasteiger partial charge in [-0.15, -0.1) is 11.8 Å². The van der Waals surface area contributed by atoms with Crippen molar-refractivity contribution in [3.8, 4) is 11.5 Å². The second-order valence-electron chi connectivity index (χ2n) is 9.93. The number of amides is 1. The zero-order valence-electron chi connectivity index (χ0n) is 23.6. The maximum Gasteiger partial charge on any atom is 0.408 e. The number of fused-ring (bicyclic) bond motifs is 1. The van der Waals surface area contributed by atoms with Crippen LogP contribution in [0.4, 0.5) is 16.6 Å². The first-order valence-electron chi connectivity index (χ1n) is 12.8. The summed E-state index contributed by atoms with van der Waals surface area (Å²) in [4.78, 5) is 33.2. The number of anilines is 2. The van der Waals surface area contributed by atoms with E-state index in [0.717, 1.165) is 24.9 Å². The number of methoxy groups -OCH3 is 2. The molecule has 3 aromatic rings. The van der Waals surface area contributed by atoms with Crippen molar-refractivity contribution < 1.29 is 28.9 Å². The van der Waals surface area contributed by atoms with E-state index in [1.54, 1.807) is 58.0 Å². The monoisotopic (exact) mass is 575 g/mol. The molecule has 1 amide bonds. The fourth-order valence-electron chi connectivity index (χ4n) is 3.73. The number of aliphatic carboxylic acids is 1. The van der Waals surface area contributed by atoms with E-state index in [9.17, 15) is 14.7 Å². The summed E-state index contributed by atoms with van der Waals surface area (Å²) in [7, 11) is 3.08. The molecule has 14 heteroatoms. The van der Waals surface area contributed by atoms with Crippen LogP contribution >= 0.6 is 11.8 Å². The number of nitrogens with one attached hydrogen (secondary N) is 2. The smallest absolute Gasteiger partial charge is 0.408 e. The van der Waals surface area contributed by atoms with Gasteiger partial charge in [0.2, 0.25) is 5.95 Å². The van der Waals surface area contributed by atoms with Crippen LogP contribution in [0.3, 0.4) is 0 Å². The fraction of sp³-hybridized carbons (Fsp3) is 0.500. The number of carboxylic acid groups (broad SMARTS) is 1. The third-order valence-electron chi connectivity index (χ3n) is 5.56. The lowest BCUT2D eigenvalue weighted by Crippen LogP contribution is -2.44. The average molecular weight is 576 g/mol. The summed E-state index contributed by atoms with van der Waals surface area (Å²) in [5, 5.41) is 20.0. The molecule has 1 atom stereocenters. The molecular weight excluding hydrogens is 538 g/mol. The second kappa shape index (κ2) is 13.4. The Hall–Kier alpha value is -3.94. The largest absolute Gasteiger partial charge is 0.496 e. The number of benzene rings is 1. The van der Waals surface area contributed by atoms with Gasteiger partial charge in [-0.25, -0.2) is 14.6 Å². The fourth-order valence-corrected chi connectivity index (χ4v) is 4.70. The van der Waals surface area contributed by atoms with E-state index in [-0.39, 0.29) is 11.7 Å². The average Bonchev–Trinajstić information content (AvgIpc) is 3.28. The zero-order valence-corrected chi connectivity index (χ0v) is 24.4. The van der Waals surface area contributed by atoms with Crippen molar-refractivity contribution in [2.45, 2.75) is 63.6 Å². The summed E-state index contributed by atoms with van der Waals surface area (Å²) in [6, 6.07) is 2.41. The highest BCUT2D eigenvalue weighted by atomic mass is 32.2. The lowest BCUT2D eigenvalue weighted by Gasteiger charge is -2.22. The van der Waals surface area contributed by atoms with Crippen molar-refractivity contribution in [2.75, 3.05) is 37.6 Å². The number of thioether (sulfide) groups is 1. The highest BCUT2D eigenvalue weighted by Gasteiger charge is 2.25. The number of hydrogen-bond donors (Lipinski definition) is 4. The van der Waals surface area contributed by atoms with Gasteiger partial charge in [-0.2, -0.15) is 10.1 Å². The molecule has 218 valence electrons. The quantitative estimate of drug-likeness (QED) is 0.172. The number of nitrogens with two attached hydrogens (primary N) is 1. The minimum Gasteiger partial charge on any atom is -0.496 e. The molecule has 0 aliphatic rings. The molecule has 0 saturated carbocycles. The molecule has 0 aliphatic heterocycles. The molecule has 1 aromatic carbocycles. The maximum absolute atomic E-state index is 12.1. The van der Waals surface area contributed by atoms with E-state index >= 15 is 0 Å². The highest BCUT2D eigenvalue weighted by molar-refractivity contribution is 7.99. The topological polar surface area (TPSA) is 176 Å². The van der Waals surface area contributed by atoms with E-state index in [0.29, 0.717) is 39.8 Å². The minimum absolute atomic E-state index is 0.0542. The summed E-state index contributed by atoms with van der Waals surface area (Å²) in [5.74, 6) is 0.669. The van der Waals surface area contributed by atoms with Crippen LogP contribution in [0.5, 0.6) is 11.5 Å². The molecule has 2 aromatic heterocycles. The summed E-state index contributed by atoms with van der Waals surface area (Å²) in [6.45, 7) is 8.27. The lowest BCUT2D eigenvalue weighted by molar-refractivity contribution is -0.138. The SMILES string of the molecule is CCCCNc1nc(N)nc2cn(Cc3c(OC)cc(SC[C@H](NC(=O)OC(C)(C)C)C(=O)O)cc3OC)nc12. The summed E-state index contributed by atoms with van der Waals surface area (Å²) < 4.78 is 18.2. The van der Waals surface area contributed by atoms with Crippen LogP contribution in [0.25, 0.3) is 11.0 Å². The van der Waals surface area contributed by atoms with E-state index in [2.05, 4.69) is 32.6 Å². The van der Waals surface area contributed by atoms with Gasteiger partial charge in [-0.3, -0.25) is 4.68 Å². The Morgan fingerprint density at radius 1 is 1.18 bits per heavy atom.